The van der Waals surface area contributed by atoms with E-state index in [-0.39, 0.29) is 17.2 Å². The van der Waals surface area contributed by atoms with Crippen molar-refractivity contribution in [3.05, 3.63) is 11.3 Å². The van der Waals surface area contributed by atoms with Crippen molar-refractivity contribution in [2.75, 3.05) is 13.7 Å². The molecule has 0 saturated heterocycles. The van der Waals surface area contributed by atoms with Crippen molar-refractivity contribution in [1.29, 1.82) is 5.26 Å². The van der Waals surface area contributed by atoms with Gasteiger partial charge in [-0.25, -0.2) is 0 Å². The molecule has 6 nitrogen and oxygen atoms in total. The second-order valence-corrected chi connectivity index (χ2v) is 2.32. The van der Waals surface area contributed by atoms with Gasteiger partial charge in [-0.05, 0) is 6.92 Å². The van der Waals surface area contributed by atoms with Crippen LogP contribution in [0.15, 0.2) is 4.52 Å². The summed E-state index contributed by atoms with van der Waals surface area (Å²) < 4.78 is 9.67. The Balaban J connectivity index is 3.08. The van der Waals surface area contributed by atoms with Crippen molar-refractivity contribution < 1.29 is 14.1 Å². The lowest BCUT2D eigenvalue weighted by Crippen LogP contribution is -2.19. The lowest BCUT2D eigenvalue weighted by atomic mass is 10.2. The third-order valence-electron chi connectivity index (χ3n) is 1.49. The number of hydrogen-bond acceptors (Lipinski definition) is 5. The van der Waals surface area contributed by atoms with Gasteiger partial charge in [0.05, 0.1) is 6.61 Å². The van der Waals surface area contributed by atoms with E-state index in [4.69, 9.17) is 14.5 Å². The van der Waals surface area contributed by atoms with Crippen molar-refractivity contribution >= 4 is 5.91 Å². The number of ether oxygens (including phenoxy) is 1. The summed E-state index contributed by atoms with van der Waals surface area (Å²) in [5.74, 6) is -0.496. The van der Waals surface area contributed by atoms with Gasteiger partial charge in [-0.2, -0.15) is 5.26 Å². The average Bonchev–Trinajstić information content (AvgIpc) is 2.60. The number of rotatable bonds is 3. The molecule has 0 spiro atoms. The Labute approximate surface area is 80.4 Å². The quantitative estimate of drug-likeness (QED) is 0.749. The number of nitriles is 1. The summed E-state index contributed by atoms with van der Waals surface area (Å²) in [4.78, 5) is 11.2. The number of amides is 1. The van der Waals surface area contributed by atoms with Crippen molar-refractivity contribution in [3.63, 3.8) is 0 Å². The minimum Gasteiger partial charge on any atom is -0.463 e. The molecular formula is C8H9N3O3. The second-order valence-electron chi connectivity index (χ2n) is 2.32. The van der Waals surface area contributed by atoms with E-state index < -0.39 is 5.91 Å². The van der Waals surface area contributed by atoms with Gasteiger partial charge in [0.15, 0.2) is 11.3 Å². The maximum Gasteiger partial charge on any atom is 0.330 e. The Morgan fingerprint density at radius 1 is 1.79 bits per heavy atom. The number of nitrogens with one attached hydrogen (secondary N) is 1. The van der Waals surface area contributed by atoms with E-state index in [1.165, 1.54) is 7.05 Å². The van der Waals surface area contributed by atoms with Crippen LogP contribution in [0.4, 0.5) is 0 Å². The normalized spacial score (nSPS) is 9.21. The smallest absolute Gasteiger partial charge is 0.330 e. The van der Waals surface area contributed by atoms with Crippen molar-refractivity contribution in [2.24, 2.45) is 0 Å². The van der Waals surface area contributed by atoms with Gasteiger partial charge in [0.25, 0.3) is 5.91 Å². The molecule has 0 bridgehead atoms. The Morgan fingerprint density at radius 2 is 2.50 bits per heavy atom. The molecule has 1 heterocycles. The molecule has 1 amide bonds. The van der Waals surface area contributed by atoms with Gasteiger partial charge in [0.1, 0.15) is 6.07 Å². The number of carbonyl (C=O) groups is 1. The van der Waals surface area contributed by atoms with Gasteiger partial charge in [0, 0.05) is 7.05 Å². The fraction of sp³-hybridized carbons (Fsp3) is 0.375. The molecule has 1 rings (SSSR count). The van der Waals surface area contributed by atoms with E-state index in [0.29, 0.717) is 6.61 Å². The molecule has 0 saturated carbocycles. The van der Waals surface area contributed by atoms with Gasteiger partial charge in [-0.3, -0.25) is 4.79 Å². The van der Waals surface area contributed by atoms with Gasteiger partial charge in [0.2, 0.25) is 0 Å². The molecule has 1 aromatic heterocycles. The van der Waals surface area contributed by atoms with Gasteiger partial charge >= 0.3 is 5.95 Å². The molecule has 14 heavy (non-hydrogen) atoms. The van der Waals surface area contributed by atoms with E-state index in [1.807, 2.05) is 0 Å². The van der Waals surface area contributed by atoms with Crippen LogP contribution >= 0.6 is 0 Å². The van der Waals surface area contributed by atoms with E-state index >= 15 is 0 Å². The van der Waals surface area contributed by atoms with Crippen molar-refractivity contribution in [2.45, 2.75) is 6.92 Å². The SMILES string of the molecule is CCOc1onc(C(=O)NC)c1C#N. The zero-order valence-electron chi connectivity index (χ0n) is 7.83. The highest BCUT2D eigenvalue weighted by Gasteiger charge is 2.21. The highest BCUT2D eigenvalue weighted by molar-refractivity contribution is 5.94. The van der Waals surface area contributed by atoms with Crippen LogP contribution < -0.4 is 10.1 Å². The zero-order chi connectivity index (χ0) is 10.6. The molecule has 1 N–H and O–H groups in total. The first kappa shape index (κ1) is 10.1. The molecule has 0 fully saturated rings. The maximum absolute atomic E-state index is 11.2. The number of aromatic nitrogens is 1. The topological polar surface area (TPSA) is 88.2 Å². The first-order valence-electron chi connectivity index (χ1n) is 3.99. The first-order valence-corrected chi connectivity index (χ1v) is 3.99. The van der Waals surface area contributed by atoms with Crippen LogP contribution in [0.2, 0.25) is 0 Å². The van der Waals surface area contributed by atoms with Crippen molar-refractivity contribution in [3.8, 4) is 12.0 Å². The summed E-state index contributed by atoms with van der Waals surface area (Å²) in [6, 6.07) is 1.80. The lowest BCUT2D eigenvalue weighted by molar-refractivity contribution is 0.0953. The molecular weight excluding hydrogens is 186 g/mol. The van der Waals surface area contributed by atoms with E-state index in [9.17, 15) is 4.79 Å². The summed E-state index contributed by atoms with van der Waals surface area (Å²) in [6.07, 6.45) is 0. The number of hydrogen-bond donors (Lipinski definition) is 1. The van der Waals surface area contributed by atoms with E-state index in [1.54, 1.807) is 13.0 Å². The molecule has 0 radical (unpaired) electrons. The zero-order valence-corrected chi connectivity index (χ0v) is 7.83. The molecule has 6 heteroatoms. The monoisotopic (exact) mass is 195 g/mol. The molecule has 0 atom stereocenters. The third kappa shape index (κ3) is 1.66. The van der Waals surface area contributed by atoms with Crippen LogP contribution in [0.3, 0.4) is 0 Å². The Kier molecular flexibility index (Phi) is 3.07. The van der Waals surface area contributed by atoms with Crippen LogP contribution in [-0.2, 0) is 0 Å². The number of nitrogens with zero attached hydrogens (tertiary/aromatic N) is 2. The molecule has 0 aliphatic rings. The summed E-state index contributed by atoms with van der Waals surface area (Å²) in [5, 5.41) is 14.5. The second kappa shape index (κ2) is 4.28. The predicted octanol–water partition coefficient (Wildman–Crippen LogP) is 0.305. The minimum atomic E-state index is -0.476. The van der Waals surface area contributed by atoms with Crippen LogP contribution in [0.5, 0.6) is 5.95 Å². The molecule has 0 unspecified atom stereocenters. The first-order chi connectivity index (χ1) is 6.74. The molecule has 0 aliphatic heterocycles. The van der Waals surface area contributed by atoms with E-state index in [2.05, 4.69) is 10.5 Å². The van der Waals surface area contributed by atoms with Crippen LogP contribution in [0, 0.1) is 11.3 Å². The highest BCUT2D eigenvalue weighted by Crippen LogP contribution is 2.20. The van der Waals surface area contributed by atoms with Crippen LogP contribution in [0.1, 0.15) is 23.0 Å². The van der Waals surface area contributed by atoms with Gasteiger partial charge in [-0.15, -0.1) is 0 Å². The minimum absolute atomic E-state index is 0.0196. The van der Waals surface area contributed by atoms with Crippen molar-refractivity contribution in [1.82, 2.24) is 10.5 Å². The Hall–Kier alpha value is -2.03. The summed E-state index contributed by atoms with van der Waals surface area (Å²) in [5.41, 5.74) is -0.0374. The lowest BCUT2D eigenvalue weighted by Gasteiger charge is -1.95. The average molecular weight is 195 g/mol. The third-order valence-corrected chi connectivity index (χ3v) is 1.49. The van der Waals surface area contributed by atoms with Gasteiger partial charge < -0.3 is 14.6 Å². The molecule has 0 aromatic carbocycles. The Bertz CT molecular complexity index is 378. The molecule has 1 aromatic rings. The van der Waals surface area contributed by atoms with E-state index in [0.717, 1.165) is 0 Å². The summed E-state index contributed by atoms with van der Waals surface area (Å²) in [7, 11) is 1.44. The highest BCUT2D eigenvalue weighted by atomic mass is 16.6. The van der Waals surface area contributed by atoms with Crippen LogP contribution in [-0.4, -0.2) is 24.7 Å². The molecule has 74 valence electrons. The fourth-order valence-electron chi connectivity index (χ4n) is 0.877. The largest absolute Gasteiger partial charge is 0.463 e. The maximum atomic E-state index is 11.2. The number of carbonyl (C=O) groups excluding carboxylic acids is 1. The Morgan fingerprint density at radius 3 is 3.00 bits per heavy atom. The van der Waals surface area contributed by atoms with Gasteiger partial charge in [-0.1, -0.05) is 5.16 Å². The summed E-state index contributed by atoms with van der Waals surface area (Å²) in [6.45, 7) is 2.08. The molecule has 0 aliphatic carbocycles. The predicted molar refractivity (Wildman–Crippen MR) is 45.8 cm³/mol. The standard InChI is InChI=1S/C8H9N3O3/c1-3-13-8-5(4-9)6(11-14-8)7(12)10-2/h3H2,1-2H3,(H,10,12). The van der Waals surface area contributed by atoms with Crippen LogP contribution in [0.25, 0.3) is 0 Å². The fourth-order valence-corrected chi connectivity index (χ4v) is 0.877. The summed E-state index contributed by atoms with van der Waals surface area (Å²) >= 11 is 0.